The van der Waals surface area contributed by atoms with Gasteiger partial charge in [-0.05, 0) is 30.2 Å². The van der Waals surface area contributed by atoms with Crippen molar-refractivity contribution in [3.63, 3.8) is 0 Å². The highest BCUT2D eigenvalue weighted by molar-refractivity contribution is 5.37. The van der Waals surface area contributed by atoms with Crippen LogP contribution >= 0.6 is 0 Å². The van der Waals surface area contributed by atoms with E-state index in [1.807, 2.05) is 6.07 Å². The van der Waals surface area contributed by atoms with E-state index in [9.17, 15) is 26.3 Å². The molecular formula is C12H9F6NO. The maximum Gasteiger partial charge on any atom is 0.423 e. The molecule has 0 aliphatic rings. The van der Waals surface area contributed by atoms with Crippen molar-refractivity contribution >= 4 is 0 Å². The SMILES string of the molecule is Cc1cc(C#N)ccc1COC(C(F)(F)F)C(F)(F)F. The molecule has 0 aliphatic heterocycles. The average molecular weight is 297 g/mol. The smallest absolute Gasteiger partial charge is 0.356 e. The molecule has 0 bridgehead atoms. The zero-order chi connectivity index (χ0) is 15.6. The Morgan fingerprint density at radius 2 is 1.70 bits per heavy atom. The number of ether oxygens (including phenoxy) is 1. The van der Waals surface area contributed by atoms with Gasteiger partial charge in [0.25, 0.3) is 0 Å². The minimum Gasteiger partial charge on any atom is -0.356 e. The molecule has 8 heteroatoms. The number of hydrogen-bond donors (Lipinski definition) is 0. The Morgan fingerprint density at radius 1 is 1.15 bits per heavy atom. The van der Waals surface area contributed by atoms with Gasteiger partial charge in [0, 0.05) is 0 Å². The van der Waals surface area contributed by atoms with Gasteiger partial charge >= 0.3 is 12.4 Å². The number of nitrogens with zero attached hydrogens (tertiary/aromatic N) is 1. The molecule has 110 valence electrons. The van der Waals surface area contributed by atoms with Crippen molar-refractivity contribution in [3.8, 4) is 6.07 Å². The Kier molecular flexibility index (Phi) is 4.65. The molecule has 0 radical (unpaired) electrons. The van der Waals surface area contributed by atoms with E-state index in [0.717, 1.165) is 0 Å². The average Bonchev–Trinajstić information content (AvgIpc) is 2.27. The maximum absolute atomic E-state index is 12.2. The number of halogens is 6. The molecule has 0 spiro atoms. The first-order chi connectivity index (χ1) is 9.05. The van der Waals surface area contributed by atoms with E-state index in [1.165, 1.54) is 25.1 Å². The topological polar surface area (TPSA) is 33.0 Å². The zero-order valence-electron chi connectivity index (χ0n) is 10.1. The summed E-state index contributed by atoms with van der Waals surface area (Å²) in [6.07, 6.45) is -14.9. The second kappa shape index (κ2) is 5.71. The first-order valence-corrected chi connectivity index (χ1v) is 5.30. The summed E-state index contributed by atoms with van der Waals surface area (Å²) in [5, 5.41) is 8.61. The normalized spacial score (nSPS) is 12.6. The van der Waals surface area contributed by atoms with E-state index >= 15 is 0 Å². The van der Waals surface area contributed by atoms with E-state index in [0.29, 0.717) is 5.56 Å². The number of aryl methyl sites for hydroxylation is 1. The molecular weight excluding hydrogens is 288 g/mol. The van der Waals surface area contributed by atoms with Crippen LogP contribution in [0.4, 0.5) is 26.3 Å². The maximum atomic E-state index is 12.2. The lowest BCUT2D eigenvalue weighted by molar-refractivity contribution is -0.324. The molecule has 0 unspecified atom stereocenters. The van der Waals surface area contributed by atoms with Crippen LogP contribution in [0.2, 0.25) is 0 Å². The van der Waals surface area contributed by atoms with E-state index in [1.54, 1.807) is 0 Å². The summed E-state index contributed by atoms with van der Waals surface area (Å²) in [4.78, 5) is 0. The molecule has 2 nitrogen and oxygen atoms in total. The number of nitriles is 1. The Morgan fingerprint density at radius 3 is 2.10 bits per heavy atom. The van der Waals surface area contributed by atoms with Gasteiger partial charge in [0.1, 0.15) is 0 Å². The zero-order valence-corrected chi connectivity index (χ0v) is 10.1. The standard InChI is InChI=1S/C12H9F6NO/c1-7-4-8(5-19)2-3-9(7)6-20-10(11(13,14)15)12(16,17)18/h2-4,10H,6H2,1H3. The highest BCUT2D eigenvalue weighted by atomic mass is 19.4. The summed E-state index contributed by atoms with van der Waals surface area (Å²) in [6, 6.07) is 5.72. The molecule has 0 heterocycles. The lowest BCUT2D eigenvalue weighted by Gasteiger charge is -2.23. The lowest BCUT2D eigenvalue weighted by Crippen LogP contribution is -2.44. The molecule has 1 rings (SSSR count). The molecule has 1 aromatic carbocycles. The fraction of sp³-hybridized carbons (Fsp3) is 0.417. The minimum atomic E-state index is -5.53. The van der Waals surface area contributed by atoms with Crippen LogP contribution in [0.1, 0.15) is 16.7 Å². The van der Waals surface area contributed by atoms with Crippen LogP contribution in [0.3, 0.4) is 0 Å². The quantitative estimate of drug-likeness (QED) is 0.793. The molecule has 0 saturated heterocycles. The Bertz CT molecular complexity index is 500. The van der Waals surface area contributed by atoms with Crippen molar-refractivity contribution in [2.75, 3.05) is 0 Å². The summed E-state index contributed by atoms with van der Waals surface area (Å²) < 4.78 is 77.5. The Hall–Kier alpha value is -1.75. The fourth-order valence-corrected chi connectivity index (χ4v) is 1.48. The van der Waals surface area contributed by atoms with Crippen LogP contribution in [0, 0.1) is 18.3 Å². The monoisotopic (exact) mass is 297 g/mol. The minimum absolute atomic E-state index is 0.155. The Balaban J connectivity index is 2.87. The van der Waals surface area contributed by atoms with Crippen LogP contribution in [0.15, 0.2) is 18.2 Å². The highest BCUT2D eigenvalue weighted by Crippen LogP contribution is 2.36. The third kappa shape index (κ3) is 4.13. The molecule has 0 aromatic heterocycles. The largest absolute Gasteiger partial charge is 0.423 e. The van der Waals surface area contributed by atoms with Crippen molar-refractivity contribution in [2.24, 2.45) is 0 Å². The fourth-order valence-electron chi connectivity index (χ4n) is 1.48. The van der Waals surface area contributed by atoms with Gasteiger partial charge in [-0.15, -0.1) is 0 Å². The van der Waals surface area contributed by atoms with Gasteiger partial charge in [-0.3, -0.25) is 0 Å². The summed E-state index contributed by atoms with van der Waals surface area (Å²) in [5.74, 6) is 0. The molecule has 0 fully saturated rings. The molecule has 20 heavy (non-hydrogen) atoms. The van der Waals surface area contributed by atoms with Crippen LogP contribution < -0.4 is 0 Å². The molecule has 0 aliphatic carbocycles. The molecule has 0 amide bonds. The number of hydrogen-bond acceptors (Lipinski definition) is 2. The van der Waals surface area contributed by atoms with Gasteiger partial charge in [0.2, 0.25) is 6.10 Å². The Labute approximate surface area is 110 Å². The van der Waals surface area contributed by atoms with Crippen LogP contribution in [0.25, 0.3) is 0 Å². The van der Waals surface area contributed by atoms with Gasteiger partial charge in [-0.25, -0.2) is 0 Å². The second-order valence-corrected chi connectivity index (χ2v) is 4.03. The van der Waals surface area contributed by atoms with Crippen molar-refractivity contribution in [1.82, 2.24) is 0 Å². The van der Waals surface area contributed by atoms with E-state index < -0.39 is 25.1 Å². The van der Waals surface area contributed by atoms with E-state index in [2.05, 4.69) is 4.74 Å². The summed E-state index contributed by atoms with van der Waals surface area (Å²) >= 11 is 0. The van der Waals surface area contributed by atoms with Crippen molar-refractivity contribution in [3.05, 3.63) is 34.9 Å². The van der Waals surface area contributed by atoms with Gasteiger partial charge in [-0.2, -0.15) is 31.6 Å². The number of rotatable bonds is 3. The number of alkyl halides is 6. The summed E-state index contributed by atoms with van der Waals surface area (Å²) in [5.41, 5.74) is 0.795. The second-order valence-electron chi connectivity index (χ2n) is 4.03. The summed E-state index contributed by atoms with van der Waals surface area (Å²) in [6.45, 7) is 0.622. The predicted molar refractivity (Wildman–Crippen MR) is 56.6 cm³/mol. The van der Waals surface area contributed by atoms with Crippen molar-refractivity contribution in [2.45, 2.75) is 32.0 Å². The van der Waals surface area contributed by atoms with E-state index in [-0.39, 0.29) is 11.1 Å². The molecule has 0 N–H and O–H groups in total. The van der Waals surface area contributed by atoms with E-state index in [4.69, 9.17) is 5.26 Å². The first kappa shape index (κ1) is 16.3. The van der Waals surface area contributed by atoms with Crippen molar-refractivity contribution in [1.29, 1.82) is 5.26 Å². The third-order valence-corrected chi connectivity index (χ3v) is 2.47. The van der Waals surface area contributed by atoms with Crippen LogP contribution in [-0.4, -0.2) is 18.5 Å². The van der Waals surface area contributed by atoms with Crippen LogP contribution in [0.5, 0.6) is 0 Å². The number of benzene rings is 1. The lowest BCUT2D eigenvalue weighted by atomic mass is 10.1. The van der Waals surface area contributed by atoms with Crippen LogP contribution in [-0.2, 0) is 11.3 Å². The van der Waals surface area contributed by atoms with Gasteiger partial charge in [0.15, 0.2) is 0 Å². The van der Waals surface area contributed by atoms with Gasteiger partial charge in [0.05, 0.1) is 18.2 Å². The molecule has 0 saturated carbocycles. The molecule has 1 aromatic rings. The van der Waals surface area contributed by atoms with Gasteiger partial charge < -0.3 is 4.74 Å². The predicted octanol–water partition coefficient (Wildman–Crippen LogP) is 3.88. The summed E-state index contributed by atoms with van der Waals surface area (Å²) in [7, 11) is 0. The third-order valence-electron chi connectivity index (χ3n) is 2.47. The van der Waals surface area contributed by atoms with Crippen molar-refractivity contribution < 1.29 is 31.1 Å². The molecule has 0 atom stereocenters. The first-order valence-electron chi connectivity index (χ1n) is 5.30. The highest BCUT2D eigenvalue weighted by Gasteiger charge is 2.57. The van der Waals surface area contributed by atoms with Gasteiger partial charge in [-0.1, -0.05) is 6.07 Å².